The molecule has 0 radical (unpaired) electrons. The summed E-state index contributed by atoms with van der Waals surface area (Å²) in [5, 5.41) is 3.58. The van der Waals surface area contributed by atoms with Gasteiger partial charge in [-0.2, -0.15) is 0 Å². The van der Waals surface area contributed by atoms with E-state index in [0.29, 0.717) is 12.5 Å². The summed E-state index contributed by atoms with van der Waals surface area (Å²) in [6, 6.07) is 6.98. The van der Waals surface area contributed by atoms with E-state index < -0.39 is 0 Å². The van der Waals surface area contributed by atoms with Crippen molar-refractivity contribution in [3.63, 3.8) is 0 Å². The van der Waals surface area contributed by atoms with Crippen LogP contribution in [0.1, 0.15) is 42.5 Å². The Kier molecular flexibility index (Phi) is 3.56. The number of benzene rings is 1. The van der Waals surface area contributed by atoms with Gasteiger partial charge in [0.05, 0.1) is 6.04 Å². The number of carbonyl (C=O) groups is 1. The lowest BCUT2D eigenvalue weighted by atomic mass is 9.96. The third-order valence-corrected chi connectivity index (χ3v) is 4.39. The summed E-state index contributed by atoms with van der Waals surface area (Å²) in [6.07, 6.45) is 4.30. The van der Waals surface area contributed by atoms with Gasteiger partial charge in [-0.05, 0) is 36.0 Å². The predicted octanol–water partition coefficient (Wildman–Crippen LogP) is 2.06. The predicted molar refractivity (Wildman–Crippen MR) is 76.1 cm³/mol. The van der Waals surface area contributed by atoms with E-state index in [2.05, 4.69) is 23.5 Å². The Morgan fingerprint density at radius 3 is 3.16 bits per heavy atom. The molecule has 0 spiro atoms. The van der Waals surface area contributed by atoms with Crippen molar-refractivity contribution in [2.75, 3.05) is 19.6 Å². The molecule has 1 unspecified atom stereocenters. The second-order valence-electron chi connectivity index (χ2n) is 5.54. The van der Waals surface area contributed by atoms with Crippen LogP contribution >= 0.6 is 0 Å². The van der Waals surface area contributed by atoms with Gasteiger partial charge >= 0.3 is 0 Å². The molecule has 1 aliphatic carbocycles. The number of aryl methyl sites for hydroxylation is 1. The monoisotopic (exact) mass is 258 g/mol. The van der Waals surface area contributed by atoms with Gasteiger partial charge < -0.3 is 10.2 Å². The van der Waals surface area contributed by atoms with E-state index in [4.69, 9.17) is 0 Å². The fourth-order valence-corrected chi connectivity index (χ4v) is 3.38. The Morgan fingerprint density at radius 2 is 2.32 bits per heavy atom. The van der Waals surface area contributed by atoms with Gasteiger partial charge in [0.2, 0.25) is 5.91 Å². The second-order valence-corrected chi connectivity index (χ2v) is 5.54. The van der Waals surface area contributed by atoms with Gasteiger partial charge in [-0.3, -0.25) is 4.79 Å². The number of nitrogens with one attached hydrogen (secondary N) is 1. The van der Waals surface area contributed by atoms with Crippen LogP contribution in [0.2, 0.25) is 0 Å². The number of piperazine rings is 1. The average Bonchev–Trinajstić information content (AvgIpc) is 2.94. The highest BCUT2D eigenvalue weighted by Crippen LogP contribution is 2.30. The van der Waals surface area contributed by atoms with Crippen molar-refractivity contribution in [2.45, 2.75) is 38.6 Å². The molecule has 0 bridgehead atoms. The molecule has 102 valence electrons. The van der Waals surface area contributed by atoms with Crippen LogP contribution in [-0.2, 0) is 17.6 Å². The molecular weight excluding hydrogens is 236 g/mol. The molecule has 1 N–H and O–H groups in total. The van der Waals surface area contributed by atoms with Crippen LogP contribution in [0, 0.1) is 0 Å². The minimum atomic E-state index is 0.277. The smallest absolute Gasteiger partial charge is 0.222 e. The van der Waals surface area contributed by atoms with E-state index in [1.54, 1.807) is 0 Å². The largest absolute Gasteiger partial charge is 0.340 e. The third kappa shape index (κ3) is 2.39. The van der Waals surface area contributed by atoms with Gasteiger partial charge in [0.25, 0.3) is 0 Å². The second kappa shape index (κ2) is 5.33. The van der Waals surface area contributed by atoms with Crippen LogP contribution in [0.4, 0.5) is 0 Å². The molecule has 2 aliphatic rings. The van der Waals surface area contributed by atoms with Gasteiger partial charge in [-0.1, -0.05) is 25.1 Å². The molecule has 1 aromatic carbocycles. The van der Waals surface area contributed by atoms with Gasteiger partial charge in [0, 0.05) is 26.1 Å². The van der Waals surface area contributed by atoms with Crippen LogP contribution in [0.3, 0.4) is 0 Å². The molecule has 1 amide bonds. The zero-order chi connectivity index (χ0) is 13.2. The Bertz CT molecular complexity index is 484. The SMILES string of the molecule is CCC(=O)N1CCNC(c2cccc3c2CCC3)C1. The van der Waals surface area contributed by atoms with Crippen LogP contribution in [0.15, 0.2) is 18.2 Å². The van der Waals surface area contributed by atoms with Crippen molar-refractivity contribution >= 4 is 5.91 Å². The topological polar surface area (TPSA) is 32.3 Å². The molecule has 3 nitrogen and oxygen atoms in total. The van der Waals surface area contributed by atoms with Gasteiger partial charge in [0.15, 0.2) is 0 Å². The maximum Gasteiger partial charge on any atom is 0.222 e. The minimum Gasteiger partial charge on any atom is -0.340 e. The molecule has 1 heterocycles. The molecule has 0 aromatic heterocycles. The highest BCUT2D eigenvalue weighted by molar-refractivity contribution is 5.76. The first-order valence-electron chi connectivity index (χ1n) is 7.41. The lowest BCUT2D eigenvalue weighted by Gasteiger charge is -2.34. The van der Waals surface area contributed by atoms with E-state index >= 15 is 0 Å². The molecule has 1 fully saturated rings. The Balaban J connectivity index is 1.82. The van der Waals surface area contributed by atoms with Crippen LogP contribution in [0.5, 0.6) is 0 Å². The lowest BCUT2D eigenvalue weighted by molar-refractivity contribution is -0.132. The van der Waals surface area contributed by atoms with Crippen molar-refractivity contribution < 1.29 is 4.79 Å². The van der Waals surface area contributed by atoms with E-state index in [-0.39, 0.29) is 5.91 Å². The van der Waals surface area contributed by atoms with Gasteiger partial charge in [0.1, 0.15) is 0 Å². The number of nitrogens with zero attached hydrogens (tertiary/aromatic N) is 1. The van der Waals surface area contributed by atoms with E-state index in [9.17, 15) is 4.79 Å². The number of hydrogen-bond acceptors (Lipinski definition) is 2. The molecule has 19 heavy (non-hydrogen) atoms. The van der Waals surface area contributed by atoms with Gasteiger partial charge in [-0.25, -0.2) is 0 Å². The molecule has 3 heteroatoms. The Labute approximate surface area is 115 Å². The van der Waals surface area contributed by atoms with Crippen LogP contribution < -0.4 is 5.32 Å². The number of hydrogen-bond donors (Lipinski definition) is 1. The third-order valence-electron chi connectivity index (χ3n) is 4.39. The number of carbonyl (C=O) groups excluding carboxylic acids is 1. The molecule has 1 aliphatic heterocycles. The van der Waals surface area contributed by atoms with E-state index in [0.717, 1.165) is 19.6 Å². The number of amides is 1. The lowest BCUT2D eigenvalue weighted by Crippen LogP contribution is -2.48. The molecule has 1 atom stereocenters. The molecule has 1 aromatic rings. The summed E-state index contributed by atoms with van der Waals surface area (Å²) >= 11 is 0. The van der Waals surface area contributed by atoms with Crippen molar-refractivity contribution in [2.24, 2.45) is 0 Å². The molecule has 3 rings (SSSR count). The van der Waals surface area contributed by atoms with E-state index in [1.807, 2.05) is 11.8 Å². The zero-order valence-electron chi connectivity index (χ0n) is 11.6. The fourth-order valence-electron chi connectivity index (χ4n) is 3.38. The van der Waals surface area contributed by atoms with Crippen molar-refractivity contribution in [3.05, 3.63) is 34.9 Å². The zero-order valence-corrected chi connectivity index (χ0v) is 11.6. The maximum atomic E-state index is 11.9. The molecule has 0 saturated carbocycles. The summed E-state index contributed by atoms with van der Waals surface area (Å²) in [5.74, 6) is 0.277. The maximum absolute atomic E-state index is 11.9. The highest BCUT2D eigenvalue weighted by atomic mass is 16.2. The minimum absolute atomic E-state index is 0.277. The molecular formula is C16H22N2O. The van der Waals surface area contributed by atoms with Gasteiger partial charge in [-0.15, -0.1) is 0 Å². The first-order chi connectivity index (χ1) is 9.29. The number of rotatable bonds is 2. The normalized spacial score (nSPS) is 22.4. The first kappa shape index (κ1) is 12.7. The Hall–Kier alpha value is -1.35. The number of fused-ring (bicyclic) bond motifs is 1. The summed E-state index contributed by atoms with van der Waals surface area (Å²) in [4.78, 5) is 13.9. The quantitative estimate of drug-likeness (QED) is 0.880. The summed E-state index contributed by atoms with van der Waals surface area (Å²) in [7, 11) is 0. The van der Waals surface area contributed by atoms with Crippen molar-refractivity contribution in [1.29, 1.82) is 0 Å². The van der Waals surface area contributed by atoms with Crippen molar-refractivity contribution in [3.8, 4) is 0 Å². The fraction of sp³-hybridized carbons (Fsp3) is 0.562. The summed E-state index contributed by atoms with van der Waals surface area (Å²) < 4.78 is 0. The van der Waals surface area contributed by atoms with Crippen molar-refractivity contribution in [1.82, 2.24) is 10.2 Å². The summed E-state index contributed by atoms with van der Waals surface area (Å²) in [6.45, 7) is 4.51. The van der Waals surface area contributed by atoms with Crippen LogP contribution in [0.25, 0.3) is 0 Å². The first-order valence-corrected chi connectivity index (χ1v) is 7.41. The standard InChI is InChI=1S/C16H22N2O/c1-2-16(19)18-10-9-17-15(11-18)14-8-4-6-12-5-3-7-13(12)14/h4,6,8,15,17H,2-3,5,7,9-11H2,1H3. The summed E-state index contributed by atoms with van der Waals surface area (Å²) in [5.41, 5.74) is 4.47. The highest BCUT2D eigenvalue weighted by Gasteiger charge is 2.26. The van der Waals surface area contributed by atoms with E-state index in [1.165, 1.54) is 36.0 Å². The molecule has 1 saturated heterocycles. The van der Waals surface area contributed by atoms with Crippen LogP contribution in [-0.4, -0.2) is 30.4 Å². The Morgan fingerprint density at radius 1 is 1.42 bits per heavy atom. The average molecular weight is 258 g/mol.